The first-order valence-corrected chi connectivity index (χ1v) is 6.17. The van der Waals surface area contributed by atoms with E-state index in [1.54, 1.807) is 12.1 Å². The van der Waals surface area contributed by atoms with Gasteiger partial charge in [-0.15, -0.1) is 0 Å². The second-order valence-corrected chi connectivity index (χ2v) is 4.67. The summed E-state index contributed by atoms with van der Waals surface area (Å²) in [6, 6.07) is 5.32. The number of oxazole rings is 1. The fourth-order valence-corrected chi connectivity index (χ4v) is 1.77. The van der Waals surface area contributed by atoms with Gasteiger partial charge in [-0.25, -0.2) is 4.79 Å². The minimum absolute atomic E-state index is 0.0337. The number of hydrogen-bond donors (Lipinski definition) is 3. The third-order valence-corrected chi connectivity index (χ3v) is 2.91. The molecule has 0 aliphatic carbocycles. The minimum atomic E-state index is -0.479. The number of aromatic amines is 1. The summed E-state index contributed by atoms with van der Waals surface area (Å²) in [5, 5.41) is 2.81. The maximum absolute atomic E-state index is 11.6. The summed E-state index contributed by atoms with van der Waals surface area (Å²) in [4.78, 5) is 25.2. The zero-order valence-electron chi connectivity index (χ0n) is 10.7. The second-order valence-electron chi connectivity index (χ2n) is 4.67. The molecule has 19 heavy (non-hydrogen) atoms. The van der Waals surface area contributed by atoms with Gasteiger partial charge in [0.2, 0.25) is 5.91 Å². The Morgan fingerprint density at radius 1 is 1.53 bits per heavy atom. The predicted octanol–water partition coefficient (Wildman–Crippen LogP) is 0.722. The first-order chi connectivity index (χ1) is 9.08. The molecule has 1 heterocycles. The van der Waals surface area contributed by atoms with E-state index in [0.29, 0.717) is 30.6 Å². The molecule has 1 aromatic heterocycles. The van der Waals surface area contributed by atoms with Crippen LogP contribution in [0.25, 0.3) is 11.1 Å². The van der Waals surface area contributed by atoms with Crippen molar-refractivity contribution >= 4 is 17.0 Å². The monoisotopic (exact) mass is 263 g/mol. The van der Waals surface area contributed by atoms with Gasteiger partial charge in [0.1, 0.15) is 0 Å². The molecule has 0 spiro atoms. The van der Waals surface area contributed by atoms with E-state index in [4.69, 9.17) is 10.2 Å². The lowest BCUT2D eigenvalue weighted by Gasteiger charge is -2.09. The molecule has 0 fully saturated rings. The van der Waals surface area contributed by atoms with Crippen LogP contribution >= 0.6 is 0 Å². The summed E-state index contributed by atoms with van der Waals surface area (Å²) in [6.07, 6.45) is 0.415. The highest BCUT2D eigenvalue weighted by molar-refractivity contribution is 5.76. The van der Waals surface area contributed by atoms with Crippen LogP contribution in [-0.4, -0.2) is 17.4 Å². The van der Waals surface area contributed by atoms with Gasteiger partial charge in [-0.05, 0) is 30.2 Å². The van der Waals surface area contributed by atoms with Crippen molar-refractivity contribution in [3.8, 4) is 0 Å². The van der Waals surface area contributed by atoms with E-state index in [1.807, 2.05) is 13.0 Å². The van der Waals surface area contributed by atoms with E-state index in [2.05, 4.69) is 10.3 Å². The van der Waals surface area contributed by atoms with Crippen LogP contribution < -0.4 is 16.8 Å². The first-order valence-electron chi connectivity index (χ1n) is 6.17. The highest BCUT2D eigenvalue weighted by Crippen LogP contribution is 2.12. The van der Waals surface area contributed by atoms with Crippen LogP contribution in [0.2, 0.25) is 0 Å². The Morgan fingerprint density at radius 3 is 3.05 bits per heavy atom. The Morgan fingerprint density at radius 2 is 2.32 bits per heavy atom. The molecule has 0 aliphatic rings. The number of nitrogens with two attached hydrogens (primary N) is 1. The van der Waals surface area contributed by atoms with E-state index in [0.717, 1.165) is 5.56 Å². The SMILES string of the molecule is CC(CN)CC(=O)NCc1ccc2[nH]c(=O)oc2c1. The molecule has 102 valence electrons. The van der Waals surface area contributed by atoms with Crippen molar-refractivity contribution in [1.82, 2.24) is 10.3 Å². The van der Waals surface area contributed by atoms with Gasteiger partial charge in [-0.2, -0.15) is 0 Å². The molecule has 1 aromatic carbocycles. The number of nitrogens with one attached hydrogen (secondary N) is 2. The predicted molar refractivity (Wildman–Crippen MR) is 71.5 cm³/mol. The summed E-state index contributed by atoms with van der Waals surface area (Å²) < 4.78 is 4.96. The van der Waals surface area contributed by atoms with Gasteiger partial charge < -0.3 is 15.5 Å². The van der Waals surface area contributed by atoms with E-state index in [9.17, 15) is 9.59 Å². The molecule has 1 unspecified atom stereocenters. The molecular weight excluding hydrogens is 246 g/mol. The van der Waals surface area contributed by atoms with Crippen molar-refractivity contribution in [3.63, 3.8) is 0 Å². The van der Waals surface area contributed by atoms with Gasteiger partial charge in [0.15, 0.2) is 5.58 Å². The standard InChI is InChI=1S/C13H17N3O3/c1-8(6-14)4-12(17)15-7-9-2-3-10-11(5-9)19-13(18)16-10/h2-3,5,8H,4,6-7,14H2,1H3,(H,15,17)(H,16,18). The lowest BCUT2D eigenvalue weighted by molar-refractivity contribution is -0.122. The van der Waals surface area contributed by atoms with Crippen molar-refractivity contribution in [3.05, 3.63) is 34.3 Å². The van der Waals surface area contributed by atoms with Crippen LogP contribution in [0.5, 0.6) is 0 Å². The molecular formula is C13H17N3O3. The molecule has 0 saturated heterocycles. The van der Waals surface area contributed by atoms with E-state index < -0.39 is 5.76 Å². The molecule has 0 bridgehead atoms. The molecule has 1 atom stereocenters. The fraction of sp³-hybridized carbons (Fsp3) is 0.385. The number of carbonyl (C=O) groups excluding carboxylic acids is 1. The zero-order valence-corrected chi connectivity index (χ0v) is 10.7. The number of H-pyrrole nitrogens is 1. The summed E-state index contributed by atoms with van der Waals surface area (Å²) in [5.74, 6) is -0.341. The topological polar surface area (TPSA) is 101 Å². The number of benzene rings is 1. The molecule has 2 aromatic rings. The average Bonchev–Trinajstić information content (AvgIpc) is 2.75. The van der Waals surface area contributed by atoms with E-state index in [-0.39, 0.29) is 11.8 Å². The largest absolute Gasteiger partial charge is 0.417 e. The van der Waals surface area contributed by atoms with Crippen molar-refractivity contribution in [1.29, 1.82) is 0 Å². The van der Waals surface area contributed by atoms with Crippen molar-refractivity contribution < 1.29 is 9.21 Å². The van der Waals surface area contributed by atoms with Crippen LogP contribution in [0.15, 0.2) is 27.4 Å². The molecule has 6 nitrogen and oxygen atoms in total. The first kappa shape index (κ1) is 13.4. The van der Waals surface area contributed by atoms with Crippen molar-refractivity contribution in [2.45, 2.75) is 19.9 Å². The quantitative estimate of drug-likeness (QED) is 0.739. The Bertz CT molecular complexity index is 629. The Kier molecular flexibility index (Phi) is 4.01. The fourth-order valence-electron chi connectivity index (χ4n) is 1.77. The van der Waals surface area contributed by atoms with Crippen LogP contribution in [-0.2, 0) is 11.3 Å². The van der Waals surface area contributed by atoms with Crippen LogP contribution in [0, 0.1) is 5.92 Å². The maximum Gasteiger partial charge on any atom is 0.417 e. The molecule has 6 heteroatoms. The summed E-state index contributed by atoms with van der Waals surface area (Å²) >= 11 is 0. The van der Waals surface area contributed by atoms with Gasteiger partial charge in [0.25, 0.3) is 0 Å². The lowest BCUT2D eigenvalue weighted by atomic mass is 10.1. The van der Waals surface area contributed by atoms with Gasteiger partial charge in [-0.3, -0.25) is 9.78 Å². The smallest absolute Gasteiger partial charge is 0.408 e. The van der Waals surface area contributed by atoms with E-state index in [1.165, 1.54) is 0 Å². The van der Waals surface area contributed by atoms with E-state index >= 15 is 0 Å². The highest BCUT2D eigenvalue weighted by Gasteiger charge is 2.08. The Hall–Kier alpha value is -2.08. The average molecular weight is 263 g/mol. The van der Waals surface area contributed by atoms with Gasteiger partial charge in [-0.1, -0.05) is 13.0 Å². The summed E-state index contributed by atoms with van der Waals surface area (Å²) in [6.45, 7) is 2.83. The highest BCUT2D eigenvalue weighted by atomic mass is 16.4. The number of hydrogen-bond acceptors (Lipinski definition) is 4. The summed E-state index contributed by atoms with van der Waals surface area (Å²) in [7, 11) is 0. The maximum atomic E-state index is 11.6. The number of rotatable bonds is 5. The second kappa shape index (κ2) is 5.71. The van der Waals surface area contributed by atoms with Gasteiger partial charge >= 0.3 is 5.76 Å². The third-order valence-electron chi connectivity index (χ3n) is 2.91. The minimum Gasteiger partial charge on any atom is -0.408 e. The number of carbonyl (C=O) groups is 1. The lowest BCUT2D eigenvalue weighted by Crippen LogP contribution is -2.26. The van der Waals surface area contributed by atoms with Crippen LogP contribution in [0.4, 0.5) is 0 Å². The molecule has 2 rings (SSSR count). The van der Waals surface area contributed by atoms with Crippen molar-refractivity contribution in [2.75, 3.05) is 6.54 Å². The van der Waals surface area contributed by atoms with Crippen LogP contribution in [0.1, 0.15) is 18.9 Å². The number of fused-ring (bicyclic) bond motifs is 1. The number of amides is 1. The molecule has 0 aliphatic heterocycles. The Labute approximate surface area is 110 Å². The molecule has 1 amide bonds. The Balaban J connectivity index is 1.97. The molecule has 0 radical (unpaired) electrons. The van der Waals surface area contributed by atoms with Crippen LogP contribution in [0.3, 0.4) is 0 Å². The zero-order chi connectivity index (χ0) is 13.8. The number of aromatic nitrogens is 1. The molecule has 0 saturated carbocycles. The molecule has 4 N–H and O–H groups in total. The van der Waals surface area contributed by atoms with Gasteiger partial charge in [0.05, 0.1) is 5.52 Å². The van der Waals surface area contributed by atoms with Gasteiger partial charge in [0, 0.05) is 13.0 Å². The third kappa shape index (κ3) is 3.45. The normalized spacial score (nSPS) is 12.5. The summed E-state index contributed by atoms with van der Waals surface area (Å²) in [5.41, 5.74) is 7.49. The van der Waals surface area contributed by atoms with Crippen molar-refractivity contribution in [2.24, 2.45) is 11.7 Å².